The van der Waals surface area contributed by atoms with Crippen molar-refractivity contribution >= 4 is 17.2 Å². The first kappa shape index (κ1) is 15.1. The van der Waals surface area contributed by atoms with Crippen LogP contribution in [0, 0.1) is 0 Å². The third-order valence-corrected chi connectivity index (χ3v) is 4.04. The number of rotatable bonds is 6. The summed E-state index contributed by atoms with van der Waals surface area (Å²) in [5.74, 6) is 0.0361. The zero-order valence-electron chi connectivity index (χ0n) is 11.8. The van der Waals surface area contributed by atoms with E-state index in [9.17, 15) is 4.79 Å². The van der Waals surface area contributed by atoms with Crippen LogP contribution >= 0.6 is 11.3 Å². The van der Waals surface area contributed by atoms with E-state index in [0.717, 1.165) is 11.4 Å². The SMILES string of the molecule is CCC(C)NC(=O)C(C)NC(C)(C)c1nccs1. The van der Waals surface area contributed by atoms with Gasteiger partial charge in [-0.1, -0.05) is 6.92 Å². The summed E-state index contributed by atoms with van der Waals surface area (Å²) >= 11 is 1.60. The van der Waals surface area contributed by atoms with Crippen LogP contribution in [0.3, 0.4) is 0 Å². The van der Waals surface area contributed by atoms with Crippen molar-refractivity contribution in [2.45, 2.75) is 58.7 Å². The fourth-order valence-electron chi connectivity index (χ4n) is 1.67. The molecule has 0 fully saturated rings. The Morgan fingerprint density at radius 3 is 2.67 bits per heavy atom. The van der Waals surface area contributed by atoms with Gasteiger partial charge in [0.15, 0.2) is 0 Å². The fourth-order valence-corrected chi connectivity index (χ4v) is 2.40. The molecule has 5 heteroatoms. The van der Waals surface area contributed by atoms with Crippen molar-refractivity contribution < 1.29 is 4.79 Å². The molecule has 1 amide bonds. The van der Waals surface area contributed by atoms with Crippen molar-refractivity contribution in [1.29, 1.82) is 0 Å². The predicted molar refractivity (Wildman–Crippen MR) is 75.6 cm³/mol. The monoisotopic (exact) mass is 269 g/mol. The Morgan fingerprint density at radius 2 is 2.17 bits per heavy atom. The highest BCUT2D eigenvalue weighted by atomic mass is 32.1. The van der Waals surface area contributed by atoms with Crippen LogP contribution in [0.4, 0.5) is 0 Å². The summed E-state index contributed by atoms with van der Waals surface area (Å²) < 4.78 is 0. The van der Waals surface area contributed by atoms with E-state index in [0.29, 0.717) is 0 Å². The molecule has 1 heterocycles. The molecule has 0 saturated heterocycles. The average Bonchev–Trinajstić information content (AvgIpc) is 2.82. The normalized spacial score (nSPS) is 15.2. The van der Waals surface area contributed by atoms with Crippen molar-refractivity contribution in [3.05, 3.63) is 16.6 Å². The van der Waals surface area contributed by atoms with E-state index in [2.05, 4.69) is 22.5 Å². The second-order valence-electron chi connectivity index (χ2n) is 5.15. The molecule has 0 bridgehead atoms. The van der Waals surface area contributed by atoms with Gasteiger partial charge in [0.25, 0.3) is 0 Å². The smallest absolute Gasteiger partial charge is 0.237 e. The van der Waals surface area contributed by atoms with Gasteiger partial charge in [-0.2, -0.15) is 0 Å². The number of carbonyl (C=O) groups excluding carboxylic acids is 1. The Kier molecular flexibility index (Phi) is 5.28. The Hall–Kier alpha value is -0.940. The number of nitrogens with one attached hydrogen (secondary N) is 2. The van der Waals surface area contributed by atoms with Gasteiger partial charge < -0.3 is 5.32 Å². The summed E-state index contributed by atoms with van der Waals surface area (Å²) in [5.41, 5.74) is -0.291. The van der Waals surface area contributed by atoms with E-state index in [4.69, 9.17) is 0 Å². The molecular weight excluding hydrogens is 246 g/mol. The van der Waals surface area contributed by atoms with Gasteiger partial charge in [-0.25, -0.2) is 4.98 Å². The molecule has 0 aliphatic rings. The first-order valence-corrected chi connectivity index (χ1v) is 7.22. The molecule has 0 spiro atoms. The number of hydrogen-bond donors (Lipinski definition) is 2. The van der Waals surface area contributed by atoms with E-state index < -0.39 is 0 Å². The van der Waals surface area contributed by atoms with E-state index in [1.54, 1.807) is 17.5 Å². The van der Waals surface area contributed by atoms with Crippen LogP contribution < -0.4 is 10.6 Å². The summed E-state index contributed by atoms with van der Waals surface area (Å²) in [6, 6.07) is -0.0253. The highest BCUT2D eigenvalue weighted by Crippen LogP contribution is 2.22. The molecule has 102 valence electrons. The van der Waals surface area contributed by atoms with E-state index in [-0.39, 0.29) is 23.5 Å². The fraction of sp³-hybridized carbons (Fsp3) is 0.692. The van der Waals surface area contributed by atoms with Gasteiger partial charge in [0.1, 0.15) is 5.01 Å². The molecule has 1 rings (SSSR count). The minimum Gasteiger partial charge on any atom is -0.352 e. The van der Waals surface area contributed by atoms with Gasteiger partial charge in [0.2, 0.25) is 5.91 Å². The van der Waals surface area contributed by atoms with Crippen molar-refractivity contribution in [2.24, 2.45) is 0 Å². The highest BCUT2D eigenvalue weighted by molar-refractivity contribution is 7.09. The molecule has 0 radical (unpaired) electrons. The lowest BCUT2D eigenvalue weighted by Crippen LogP contribution is -2.51. The second-order valence-corrected chi connectivity index (χ2v) is 6.04. The highest BCUT2D eigenvalue weighted by Gasteiger charge is 2.27. The minimum absolute atomic E-state index is 0.0361. The van der Waals surface area contributed by atoms with E-state index >= 15 is 0 Å². The summed E-state index contributed by atoms with van der Waals surface area (Å²) in [4.78, 5) is 16.3. The largest absolute Gasteiger partial charge is 0.352 e. The maximum absolute atomic E-state index is 12.0. The molecule has 0 aliphatic heterocycles. The zero-order valence-corrected chi connectivity index (χ0v) is 12.6. The molecule has 0 saturated carbocycles. The van der Waals surface area contributed by atoms with Crippen LogP contribution in [0.5, 0.6) is 0 Å². The first-order chi connectivity index (χ1) is 8.36. The average molecular weight is 269 g/mol. The van der Waals surface area contributed by atoms with Gasteiger partial charge in [-0.3, -0.25) is 10.1 Å². The topological polar surface area (TPSA) is 54.0 Å². The molecule has 0 aliphatic carbocycles. The maximum Gasteiger partial charge on any atom is 0.237 e. The molecule has 4 nitrogen and oxygen atoms in total. The number of thiazole rings is 1. The Morgan fingerprint density at radius 1 is 1.50 bits per heavy atom. The molecular formula is C13H23N3OS. The van der Waals surface area contributed by atoms with Gasteiger partial charge >= 0.3 is 0 Å². The van der Waals surface area contributed by atoms with Crippen LogP contribution in [0.1, 0.15) is 46.0 Å². The summed E-state index contributed by atoms with van der Waals surface area (Å²) in [6.45, 7) is 10.0. The van der Waals surface area contributed by atoms with Crippen molar-refractivity contribution in [1.82, 2.24) is 15.6 Å². The molecule has 18 heavy (non-hydrogen) atoms. The Balaban J connectivity index is 2.58. The van der Waals surface area contributed by atoms with Crippen LogP contribution in [-0.2, 0) is 10.3 Å². The van der Waals surface area contributed by atoms with E-state index in [1.165, 1.54) is 0 Å². The number of nitrogens with zero attached hydrogens (tertiary/aromatic N) is 1. The maximum atomic E-state index is 12.0. The summed E-state index contributed by atoms with van der Waals surface area (Å²) in [7, 11) is 0. The summed E-state index contributed by atoms with van der Waals surface area (Å²) in [5, 5.41) is 9.24. The van der Waals surface area contributed by atoms with Gasteiger partial charge in [0, 0.05) is 17.6 Å². The lowest BCUT2D eigenvalue weighted by Gasteiger charge is -2.28. The first-order valence-electron chi connectivity index (χ1n) is 6.35. The zero-order chi connectivity index (χ0) is 13.8. The van der Waals surface area contributed by atoms with Gasteiger partial charge in [-0.05, 0) is 34.1 Å². The van der Waals surface area contributed by atoms with Crippen molar-refractivity contribution in [3.63, 3.8) is 0 Å². The van der Waals surface area contributed by atoms with Gasteiger partial charge in [-0.15, -0.1) is 11.3 Å². The lowest BCUT2D eigenvalue weighted by atomic mass is 10.0. The second kappa shape index (κ2) is 6.29. The minimum atomic E-state index is -0.291. The number of hydrogen-bond acceptors (Lipinski definition) is 4. The van der Waals surface area contributed by atoms with Gasteiger partial charge in [0.05, 0.1) is 11.6 Å². The standard InChI is InChI=1S/C13H23N3OS/c1-6-9(2)15-11(17)10(3)16-13(4,5)12-14-7-8-18-12/h7-10,16H,6H2,1-5H3,(H,15,17). The molecule has 2 atom stereocenters. The molecule has 2 unspecified atom stereocenters. The van der Waals surface area contributed by atoms with Crippen LogP contribution in [0.15, 0.2) is 11.6 Å². The number of amides is 1. The van der Waals surface area contributed by atoms with Crippen LogP contribution in [-0.4, -0.2) is 23.0 Å². The Bertz CT molecular complexity index is 376. The number of aromatic nitrogens is 1. The van der Waals surface area contributed by atoms with Crippen molar-refractivity contribution in [3.8, 4) is 0 Å². The van der Waals surface area contributed by atoms with Crippen molar-refractivity contribution in [2.75, 3.05) is 0 Å². The third-order valence-electron chi connectivity index (χ3n) is 2.94. The number of carbonyl (C=O) groups is 1. The lowest BCUT2D eigenvalue weighted by molar-refractivity contribution is -0.123. The van der Waals surface area contributed by atoms with E-state index in [1.807, 2.05) is 33.1 Å². The molecule has 2 N–H and O–H groups in total. The molecule has 1 aromatic heterocycles. The van der Waals surface area contributed by atoms with Crippen LogP contribution in [0.2, 0.25) is 0 Å². The predicted octanol–water partition coefficient (Wildman–Crippen LogP) is 2.27. The molecule has 0 aromatic carbocycles. The molecule has 1 aromatic rings. The Labute approximate surface area is 113 Å². The quantitative estimate of drug-likeness (QED) is 0.833. The third kappa shape index (κ3) is 4.07. The van der Waals surface area contributed by atoms with Crippen LogP contribution in [0.25, 0.3) is 0 Å². The summed E-state index contributed by atoms with van der Waals surface area (Å²) in [6.07, 6.45) is 2.72.